The molecule has 0 fully saturated rings. The van der Waals surface area contributed by atoms with E-state index in [0.29, 0.717) is 31.0 Å². The first-order valence-corrected chi connectivity index (χ1v) is 7.02. The van der Waals surface area contributed by atoms with E-state index in [1.54, 1.807) is 13.0 Å². The number of hydrogen-bond donors (Lipinski definition) is 2. The minimum absolute atomic E-state index is 0.0735. The highest BCUT2D eigenvalue weighted by molar-refractivity contribution is 5.82. The number of para-hydroxylation sites is 2. The Balaban J connectivity index is 1.82. The van der Waals surface area contributed by atoms with Crippen LogP contribution in [0.1, 0.15) is 20.3 Å². The molecule has 1 aromatic rings. The molecule has 0 aliphatic carbocycles. The second-order valence-electron chi connectivity index (χ2n) is 4.94. The van der Waals surface area contributed by atoms with Crippen LogP contribution in [-0.2, 0) is 9.59 Å². The van der Waals surface area contributed by atoms with Gasteiger partial charge in [0, 0.05) is 20.0 Å². The summed E-state index contributed by atoms with van der Waals surface area (Å²) in [6, 6.07) is 7.28. The average molecular weight is 292 g/mol. The van der Waals surface area contributed by atoms with Gasteiger partial charge in [-0.15, -0.1) is 0 Å². The highest BCUT2D eigenvalue weighted by Crippen LogP contribution is 2.33. The quantitative estimate of drug-likeness (QED) is 0.789. The third-order valence-corrected chi connectivity index (χ3v) is 3.13. The first-order chi connectivity index (χ1) is 10.1. The van der Waals surface area contributed by atoms with Gasteiger partial charge in [-0.1, -0.05) is 12.1 Å². The summed E-state index contributed by atoms with van der Waals surface area (Å²) in [5.41, 5.74) is 0. The van der Waals surface area contributed by atoms with Gasteiger partial charge in [0.1, 0.15) is 6.10 Å². The van der Waals surface area contributed by atoms with Crippen molar-refractivity contribution >= 4 is 11.8 Å². The Morgan fingerprint density at radius 3 is 2.38 bits per heavy atom. The van der Waals surface area contributed by atoms with Crippen molar-refractivity contribution in [3.63, 3.8) is 0 Å². The summed E-state index contributed by atoms with van der Waals surface area (Å²) in [6.07, 6.45) is -0.347. The van der Waals surface area contributed by atoms with Crippen molar-refractivity contribution in [3.05, 3.63) is 24.3 Å². The van der Waals surface area contributed by atoms with E-state index in [2.05, 4.69) is 10.6 Å². The molecule has 0 unspecified atom stereocenters. The molecule has 0 saturated carbocycles. The maximum Gasteiger partial charge on any atom is 0.265 e. The summed E-state index contributed by atoms with van der Waals surface area (Å²) in [5, 5.41) is 5.47. The number of carbonyl (C=O) groups excluding carboxylic acids is 2. The van der Waals surface area contributed by atoms with Crippen molar-refractivity contribution in [1.82, 2.24) is 10.6 Å². The van der Waals surface area contributed by atoms with E-state index in [4.69, 9.17) is 9.47 Å². The molecule has 1 aliphatic rings. The van der Waals surface area contributed by atoms with E-state index in [0.717, 1.165) is 0 Å². The predicted octanol–water partition coefficient (Wildman–Crippen LogP) is 0.857. The Morgan fingerprint density at radius 1 is 1.10 bits per heavy atom. The van der Waals surface area contributed by atoms with Crippen LogP contribution in [0.25, 0.3) is 0 Å². The second-order valence-corrected chi connectivity index (χ2v) is 4.94. The van der Waals surface area contributed by atoms with Gasteiger partial charge in [0.15, 0.2) is 11.5 Å². The minimum atomic E-state index is -0.666. The third kappa shape index (κ3) is 4.11. The zero-order valence-corrected chi connectivity index (χ0v) is 12.2. The standard InChI is InChI=1S/C15H20N2O4/c1-10-14(15(19)17-9-5-8-16-11(2)18)21-13-7-4-3-6-12(13)20-10/h3-4,6-7,10,14H,5,8-9H2,1-2H3,(H,16,18)(H,17,19)/t10-,14-/m0/s1. The summed E-state index contributed by atoms with van der Waals surface area (Å²) in [5.74, 6) is 0.948. The number of hydrogen-bond acceptors (Lipinski definition) is 4. The zero-order chi connectivity index (χ0) is 15.2. The van der Waals surface area contributed by atoms with Crippen molar-refractivity contribution in [2.45, 2.75) is 32.5 Å². The molecule has 2 rings (SSSR count). The molecule has 0 saturated heterocycles. The van der Waals surface area contributed by atoms with Crippen LogP contribution in [0.2, 0.25) is 0 Å². The predicted molar refractivity (Wildman–Crippen MR) is 77.3 cm³/mol. The molecule has 114 valence electrons. The minimum Gasteiger partial charge on any atom is -0.482 e. The van der Waals surface area contributed by atoms with Crippen LogP contribution in [0.4, 0.5) is 0 Å². The van der Waals surface area contributed by atoms with Crippen molar-refractivity contribution in [1.29, 1.82) is 0 Å². The fourth-order valence-electron chi connectivity index (χ4n) is 2.07. The van der Waals surface area contributed by atoms with Gasteiger partial charge < -0.3 is 20.1 Å². The van der Waals surface area contributed by atoms with E-state index < -0.39 is 6.10 Å². The summed E-state index contributed by atoms with van der Waals surface area (Å²) in [7, 11) is 0. The van der Waals surface area contributed by atoms with Gasteiger partial charge >= 0.3 is 0 Å². The fourth-order valence-corrected chi connectivity index (χ4v) is 2.07. The summed E-state index contributed by atoms with van der Waals surface area (Å²) in [4.78, 5) is 22.8. The van der Waals surface area contributed by atoms with E-state index in [1.807, 2.05) is 18.2 Å². The number of benzene rings is 1. The van der Waals surface area contributed by atoms with Gasteiger partial charge in [-0.25, -0.2) is 0 Å². The highest BCUT2D eigenvalue weighted by Gasteiger charge is 2.33. The van der Waals surface area contributed by atoms with Gasteiger partial charge in [-0.2, -0.15) is 0 Å². The number of ether oxygens (including phenoxy) is 2. The van der Waals surface area contributed by atoms with Crippen molar-refractivity contribution in [2.75, 3.05) is 13.1 Å². The summed E-state index contributed by atoms with van der Waals surface area (Å²) in [6.45, 7) is 4.28. The fraction of sp³-hybridized carbons (Fsp3) is 0.467. The van der Waals surface area contributed by atoms with Crippen LogP contribution in [0.3, 0.4) is 0 Å². The Hall–Kier alpha value is -2.24. The van der Waals surface area contributed by atoms with Gasteiger partial charge in [0.25, 0.3) is 5.91 Å². The van der Waals surface area contributed by atoms with Crippen LogP contribution in [0.15, 0.2) is 24.3 Å². The maximum atomic E-state index is 12.1. The first-order valence-electron chi connectivity index (χ1n) is 7.02. The van der Waals surface area contributed by atoms with Crippen molar-refractivity contribution in [3.8, 4) is 11.5 Å². The van der Waals surface area contributed by atoms with E-state index >= 15 is 0 Å². The molecular weight excluding hydrogens is 272 g/mol. The van der Waals surface area contributed by atoms with E-state index in [1.165, 1.54) is 6.92 Å². The SMILES string of the molecule is CC(=O)NCCCNC(=O)[C@H]1Oc2ccccc2O[C@H]1C. The Morgan fingerprint density at radius 2 is 1.71 bits per heavy atom. The Bertz CT molecular complexity index is 518. The molecule has 6 nitrogen and oxygen atoms in total. The molecule has 0 spiro atoms. The molecule has 0 radical (unpaired) electrons. The Labute approximate surface area is 123 Å². The third-order valence-electron chi connectivity index (χ3n) is 3.13. The molecule has 1 aromatic carbocycles. The topological polar surface area (TPSA) is 76.7 Å². The lowest BCUT2D eigenvalue weighted by molar-refractivity contribution is -0.133. The highest BCUT2D eigenvalue weighted by atomic mass is 16.6. The van der Waals surface area contributed by atoms with Crippen LogP contribution in [-0.4, -0.2) is 37.1 Å². The summed E-state index contributed by atoms with van der Waals surface area (Å²) < 4.78 is 11.4. The molecular formula is C15H20N2O4. The second kappa shape index (κ2) is 6.97. The molecule has 6 heteroatoms. The number of nitrogens with one attached hydrogen (secondary N) is 2. The molecule has 0 aromatic heterocycles. The van der Waals surface area contributed by atoms with Crippen molar-refractivity contribution < 1.29 is 19.1 Å². The lowest BCUT2D eigenvalue weighted by atomic mass is 10.1. The molecule has 1 aliphatic heterocycles. The van der Waals surface area contributed by atoms with Gasteiger partial charge in [-0.05, 0) is 25.5 Å². The van der Waals surface area contributed by atoms with E-state index in [-0.39, 0.29) is 17.9 Å². The van der Waals surface area contributed by atoms with Crippen LogP contribution < -0.4 is 20.1 Å². The zero-order valence-electron chi connectivity index (χ0n) is 12.2. The molecule has 2 atom stereocenters. The van der Waals surface area contributed by atoms with Gasteiger partial charge in [0.2, 0.25) is 12.0 Å². The average Bonchev–Trinajstić information content (AvgIpc) is 2.45. The van der Waals surface area contributed by atoms with Gasteiger partial charge in [0.05, 0.1) is 0 Å². The van der Waals surface area contributed by atoms with E-state index in [9.17, 15) is 9.59 Å². The number of rotatable bonds is 5. The summed E-state index contributed by atoms with van der Waals surface area (Å²) >= 11 is 0. The maximum absolute atomic E-state index is 12.1. The van der Waals surface area contributed by atoms with Gasteiger partial charge in [-0.3, -0.25) is 9.59 Å². The molecule has 2 N–H and O–H groups in total. The van der Waals surface area contributed by atoms with Crippen LogP contribution in [0.5, 0.6) is 11.5 Å². The van der Waals surface area contributed by atoms with Crippen LogP contribution in [0, 0.1) is 0 Å². The monoisotopic (exact) mass is 292 g/mol. The number of carbonyl (C=O) groups is 2. The lowest BCUT2D eigenvalue weighted by Gasteiger charge is -2.31. The lowest BCUT2D eigenvalue weighted by Crippen LogP contribution is -2.49. The van der Waals surface area contributed by atoms with Crippen molar-refractivity contribution in [2.24, 2.45) is 0 Å². The Kier molecular flexibility index (Phi) is 5.03. The smallest absolute Gasteiger partial charge is 0.265 e. The number of amides is 2. The normalized spacial score (nSPS) is 19.7. The molecule has 0 bridgehead atoms. The largest absolute Gasteiger partial charge is 0.482 e. The number of fused-ring (bicyclic) bond motifs is 1. The molecule has 21 heavy (non-hydrogen) atoms. The molecule has 2 amide bonds. The molecule has 1 heterocycles. The van der Waals surface area contributed by atoms with Crippen LogP contribution >= 0.6 is 0 Å². The first kappa shape index (κ1) is 15.2.